The largest absolute Gasteiger partial charge is 0.337 e. The molecule has 0 radical (unpaired) electrons. The molecule has 7 heteroatoms. The first kappa shape index (κ1) is 23.2. The van der Waals surface area contributed by atoms with Gasteiger partial charge in [0.1, 0.15) is 6.33 Å². The number of benzene rings is 3. The Balaban J connectivity index is 1.33. The molecule has 1 amide bonds. The van der Waals surface area contributed by atoms with Crippen molar-refractivity contribution in [1.29, 1.82) is 0 Å². The van der Waals surface area contributed by atoms with E-state index in [1.807, 2.05) is 31.2 Å². The van der Waals surface area contributed by atoms with E-state index < -0.39 is 0 Å². The molecule has 3 aromatic carbocycles. The quantitative estimate of drug-likeness (QED) is 0.364. The van der Waals surface area contributed by atoms with Gasteiger partial charge in [-0.2, -0.15) is 4.98 Å². The topological polar surface area (TPSA) is 83.0 Å². The van der Waals surface area contributed by atoms with E-state index in [2.05, 4.69) is 85.1 Å². The predicted molar refractivity (Wildman–Crippen MR) is 145 cm³/mol. The molecule has 0 saturated carbocycles. The van der Waals surface area contributed by atoms with Crippen LogP contribution >= 0.6 is 0 Å². The van der Waals surface area contributed by atoms with Gasteiger partial charge in [0.15, 0.2) is 0 Å². The standard InChI is InChI=1S/C29H28N6O/c1-20-26(32-21(2)36)13-8-14-27(20)33-28-30-19-31-29(34-28)35-17-15-23(16-18-35)25-12-7-6-11-24(25)22-9-4-3-5-10-22/h3-15,19H,16-18H2,1-2H3,(H,32,36)(H,30,31,33,34). The lowest BCUT2D eigenvalue weighted by Crippen LogP contribution is -2.30. The molecule has 0 unspecified atom stereocenters. The van der Waals surface area contributed by atoms with Gasteiger partial charge >= 0.3 is 0 Å². The zero-order valence-electron chi connectivity index (χ0n) is 20.4. The van der Waals surface area contributed by atoms with Crippen molar-refractivity contribution in [2.45, 2.75) is 20.3 Å². The fraction of sp³-hybridized carbons (Fsp3) is 0.172. The van der Waals surface area contributed by atoms with E-state index in [-0.39, 0.29) is 5.91 Å². The van der Waals surface area contributed by atoms with Crippen LogP contribution in [0.5, 0.6) is 0 Å². The van der Waals surface area contributed by atoms with E-state index >= 15 is 0 Å². The summed E-state index contributed by atoms with van der Waals surface area (Å²) in [5.74, 6) is 0.990. The summed E-state index contributed by atoms with van der Waals surface area (Å²) in [7, 11) is 0. The number of aromatic nitrogens is 3. The molecule has 1 aliphatic rings. The fourth-order valence-corrected chi connectivity index (χ4v) is 4.44. The molecule has 5 rings (SSSR count). The first-order chi connectivity index (χ1) is 17.6. The Kier molecular flexibility index (Phi) is 6.71. The van der Waals surface area contributed by atoms with E-state index in [1.165, 1.54) is 35.5 Å². The van der Waals surface area contributed by atoms with E-state index in [0.29, 0.717) is 11.9 Å². The number of carbonyl (C=O) groups is 1. The van der Waals surface area contributed by atoms with Gasteiger partial charge in [0.05, 0.1) is 0 Å². The van der Waals surface area contributed by atoms with E-state index in [1.54, 1.807) is 0 Å². The summed E-state index contributed by atoms with van der Waals surface area (Å²) in [5.41, 5.74) is 7.59. The Hall–Kier alpha value is -4.52. The molecule has 0 spiro atoms. The fourth-order valence-electron chi connectivity index (χ4n) is 4.44. The lowest BCUT2D eigenvalue weighted by Gasteiger charge is -2.27. The molecule has 180 valence electrons. The first-order valence-electron chi connectivity index (χ1n) is 12.0. The van der Waals surface area contributed by atoms with E-state index in [0.717, 1.165) is 36.4 Å². The highest BCUT2D eigenvalue weighted by molar-refractivity contribution is 5.90. The molecule has 36 heavy (non-hydrogen) atoms. The molecule has 0 atom stereocenters. The number of rotatable bonds is 6. The Morgan fingerprint density at radius 2 is 1.64 bits per heavy atom. The summed E-state index contributed by atoms with van der Waals surface area (Å²) < 4.78 is 0. The zero-order valence-corrected chi connectivity index (χ0v) is 20.4. The van der Waals surface area contributed by atoms with Gasteiger partial charge in [-0.1, -0.05) is 66.7 Å². The molecule has 0 aliphatic carbocycles. The van der Waals surface area contributed by atoms with Crippen molar-refractivity contribution in [3.8, 4) is 11.1 Å². The smallest absolute Gasteiger partial charge is 0.232 e. The van der Waals surface area contributed by atoms with E-state index in [9.17, 15) is 4.79 Å². The summed E-state index contributed by atoms with van der Waals surface area (Å²) >= 11 is 0. The van der Waals surface area contributed by atoms with Crippen LogP contribution < -0.4 is 15.5 Å². The average Bonchev–Trinajstić information content (AvgIpc) is 2.91. The summed E-state index contributed by atoms with van der Waals surface area (Å²) in [4.78, 5) is 27.0. The highest BCUT2D eigenvalue weighted by atomic mass is 16.1. The Bertz CT molecular complexity index is 1420. The molecular formula is C29H28N6O. The van der Waals surface area contributed by atoms with Gasteiger partial charge in [-0.05, 0) is 53.3 Å². The molecular weight excluding hydrogens is 448 g/mol. The minimum atomic E-state index is -0.110. The van der Waals surface area contributed by atoms with Crippen molar-refractivity contribution >= 4 is 34.8 Å². The summed E-state index contributed by atoms with van der Waals surface area (Å²) in [6.45, 7) is 4.98. The van der Waals surface area contributed by atoms with Crippen LogP contribution in [0.1, 0.15) is 24.5 Å². The summed E-state index contributed by atoms with van der Waals surface area (Å²) in [6, 6.07) is 24.8. The number of amides is 1. The van der Waals surface area contributed by atoms with Gasteiger partial charge in [-0.3, -0.25) is 4.79 Å². The van der Waals surface area contributed by atoms with Crippen LogP contribution in [0, 0.1) is 6.92 Å². The monoisotopic (exact) mass is 476 g/mol. The van der Waals surface area contributed by atoms with Crippen LogP contribution in [-0.4, -0.2) is 33.9 Å². The molecule has 0 saturated heterocycles. The van der Waals surface area contributed by atoms with Crippen molar-refractivity contribution < 1.29 is 4.79 Å². The third-order valence-electron chi connectivity index (χ3n) is 6.30. The second-order valence-corrected chi connectivity index (χ2v) is 8.73. The molecule has 1 aliphatic heterocycles. The Labute approximate surface area is 211 Å². The normalized spacial score (nSPS) is 13.2. The third-order valence-corrected chi connectivity index (χ3v) is 6.30. The van der Waals surface area contributed by atoms with Crippen molar-refractivity contribution in [3.05, 3.63) is 96.3 Å². The van der Waals surface area contributed by atoms with Gasteiger partial charge in [0.25, 0.3) is 0 Å². The lowest BCUT2D eigenvalue weighted by molar-refractivity contribution is -0.114. The molecule has 0 fully saturated rings. The minimum absolute atomic E-state index is 0.110. The third kappa shape index (κ3) is 5.10. The van der Waals surface area contributed by atoms with E-state index in [4.69, 9.17) is 0 Å². The van der Waals surface area contributed by atoms with Gasteiger partial charge in [0.2, 0.25) is 17.8 Å². The number of nitrogens with one attached hydrogen (secondary N) is 2. The predicted octanol–water partition coefficient (Wildman–Crippen LogP) is 5.84. The number of hydrogen-bond acceptors (Lipinski definition) is 6. The maximum Gasteiger partial charge on any atom is 0.232 e. The first-order valence-corrected chi connectivity index (χ1v) is 12.0. The van der Waals surface area contributed by atoms with Crippen molar-refractivity contribution in [2.75, 3.05) is 28.6 Å². The molecule has 2 N–H and O–H groups in total. The lowest BCUT2D eigenvalue weighted by atomic mass is 9.91. The molecule has 7 nitrogen and oxygen atoms in total. The number of hydrogen-bond donors (Lipinski definition) is 2. The number of carbonyl (C=O) groups excluding carboxylic acids is 1. The van der Waals surface area contributed by atoms with Crippen LogP contribution in [0.4, 0.5) is 23.3 Å². The van der Waals surface area contributed by atoms with Crippen molar-refractivity contribution in [3.63, 3.8) is 0 Å². The zero-order chi connectivity index (χ0) is 24.9. The molecule has 4 aromatic rings. The SMILES string of the molecule is CC(=O)Nc1cccc(Nc2ncnc(N3CC=C(c4ccccc4-c4ccccc4)CC3)n2)c1C. The van der Waals surface area contributed by atoms with Crippen LogP contribution in [0.3, 0.4) is 0 Å². The van der Waals surface area contributed by atoms with Crippen LogP contribution in [0.15, 0.2) is 85.2 Å². The number of nitrogens with zero attached hydrogens (tertiary/aromatic N) is 4. The van der Waals surface area contributed by atoms with Crippen LogP contribution in [0.25, 0.3) is 16.7 Å². The Morgan fingerprint density at radius 3 is 2.39 bits per heavy atom. The van der Waals surface area contributed by atoms with Crippen LogP contribution in [0.2, 0.25) is 0 Å². The Morgan fingerprint density at radius 1 is 0.889 bits per heavy atom. The molecule has 0 bridgehead atoms. The second-order valence-electron chi connectivity index (χ2n) is 8.73. The highest BCUT2D eigenvalue weighted by Crippen LogP contribution is 2.33. The van der Waals surface area contributed by atoms with Gasteiger partial charge < -0.3 is 15.5 Å². The molecule has 2 heterocycles. The van der Waals surface area contributed by atoms with Crippen molar-refractivity contribution in [2.24, 2.45) is 0 Å². The molecule has 1 aromatic heterocycles. The summed E-state index contributed by atoms with van der Waals surface area (Å²) in [5, 5.41) is 6.12. The van der Waals surface area contributed by atoms with Gasteiger partial charge in [-0.25, -0.2) is 9.97 Å². The maximum atomic E-state index is 11.5. The van der Waals surface area contributed by atoms with Gasteiger partial charge in [0, 0.05) is 31.4 Å². The van der Waals surface area contributed by atoms with Crippen LogP contribution in [-0.2, 0) is 4.79 Å². The average molecular weight is 477 g/mol. The highest BCUT2D eigenvalue weighted by Gasteiger charge is 2.18. The second kappa shape index (κ2) is 10.4. The maximum absolute atomic E-state index is 11.5. The van der Waals surface area contributed by atoms with Gasteiger partial charge in [-0.15, -0.1) is 0 Å². The minimum Gasteiger partial charge on any atom is -0.337 e. The number of anilines is 4. The van der Waals surface area contributed by atoms with Crippen molar-refractivity contribution in [1.82, 2.24) is 15.0 Å². The summed E-state index contributed by atoms with van der Waals surface area (Å²) in [6.07, 6.45) is 4.70.